The Morgan fingerprint density at radius 2 is 1.76 bits per heavy atom. The molecule has 8 nitrogen and oxygen atoms in total. The van der Waals surface area contributed by atoms with Crippen LogP contribution in [0, 0.1) is 0 Å². The molecule has 2 aromatic carbocycles. The van der Waals surface area contributed by atoms with E-state index in [1.54, 1.807) is 12.3 Å². The molecule has 11 heteroatoms. The smallest absolute Gasteiger partial charge is 0.256 e. The third-order valence-corrected chi connectivity index (χ3v) is 8.11. The van der Waals surface area contributed by atoms with Gasteiger partial charge in [-0.3, -0.25) is 9.59 Å². The second kappa shape index (κ2) is 16.1. The molecule has 3 heterocycles. The molecule has 45 heavy (non-hydrogen) atoms. The third kappa shape index (κ3) is 9.31. The molecule has 0 aliphatic carbocycles. The number of fused-ring (bicyclic) bond motifs is 1. The highest BCUT2D eigenvalue weighted by Gasteiger charge is 2.20. The Hall–Kier alpha value is -4.38. The van der Waals surface area contributed by atoms with Crippen molar-refractivity contribution in [2.75, 3.05) is 43.4 Å². The van der Waals surface area contributed by atoms with Gasteiger partial charge in [-0.05, 0) is 92.8 Å². The zero-order valence-corrected chi connectivity index (χ0v) is 26.0. The number of nitrogens with zero attached hydrogens (tertiary/aromatic N) is 5. The maximum atomic E-state index is 13.1. The number of aryl methyl sites for hydroxylation is 1. The molecule has 4 aromatic rings. The van der Waals surface area contributed by atoms with E-state index >= 15 is 0 Å². The fourth-order valence-corrected chi connectivity index (χ4v) is 5.58. The lowest BCUT2D eigenvalue weighted by molar-refractivity contribution is -0.128. The molecule has 0 spiro atoms. The highest BCUT2D eigenvalue weighted by molar-refractivity contribution is 6.04. The van der Waals surface area contributed by atoms with E-state index in [2.05, 4.69) is 40.3 Å². The fourth-order valence-electron chi connectivity index (χ4n) is 5.58. The summed E-state index contributed by atoms with van der Waals surface area (Å²) in [6.45, 7) is 5.94. The van der Waals surface area contributed by atoms with Crippen molar-refractivity contribution < 1.29 is 22.9 Å². The number of pyridine rings is 1. The third-order valence-electron chi connectivity index (χ3n) is 8.11. The minimum absolute atomic E-state index is 0.0556. The Morgan fingerprint density at radius 3 is 2.40 bits per heavy atom. The molecule has 1 saturated heterocycles. The van der Waals surface area contributed by atoms with Crippen molar-refractivity contribution in [2.24, 2.45) is 7.05 Å². The van der Waals surface area contributed by atoms with E-state index in [0.29, 0.717) is 30.3 Å². The summed E-state index contributed by atoms with van der Waals surface area (Å²) in [5.41, 5.74) is 4.63. The molecule has 5 rings (SSSR count). The number of carbonyl (C=O) groups is 2. The molecule has 0 saturated carbocycles. The number of piperidine rings is 1. The summed E-state index contributed by atoms with van der Waals surface area (Å²) in [4.78, 5) is 31.0. The minimum Gasteiger partial charge on any atom is -0.351 e. The molecular weight excluding hydrogens is 581 g/mol. The lowest BCUT2D eigenvalue weighted by Crippen LogP contribution is -2.32. The average Bonchev–Trinajstić information content (AvgIpc) is 3.43. The van der Waals surface area contributed by atoms with E-state index in [1.165, 1.54) is 5.56 Å². The molecule has 0 radical (unpaired) electrons. The van der Waals surface area contributed by atoms with Gasteiger partial charge in [0.05, 0.1) is 0 Å². The quantitative estimate of drug-likeness (QED) is 0.142. The van der Waals surface area contributed by atoms with Crippen molar-refractivity contribution in [2.45, 2.75) is 45.0 Å². The number of carbonyl (C=O) groups excluding carboxylic acids is 2. The van der Waals surface area contributed by atoms with Gasteiger partial charge < -0.3 is 19.7 Å². The maximum absolute atomic E-state index is 13.1. The monoisotopic (exact) mass is 622 g/mol. The van der Waals surface area contributed by atoms with Crippen molar-refractivity contribution in [3.8, 4) is 0 Å². The first kappa shape index (κ1) is 33.5. The highest BCUT2D eigenvalue weighted by Crippen LogP contribution is 2.31. The zero-order chi connectivity index (χ0) is 32.3. The van der Waals surface area contributed by atoms with Gasteiger partial charge in [0.15, 0.2) is 0 Å². The van der Waals surface area contributed by atoms with Gasteiger partial charge >= 0.3 is 0 Å². The van der Waals surface area contributed by atoms with Crippen LogP contribution in [0.4, 0.5) is 30.5 Å². The van der Waals surface area contributed by atoms with Crippen LogP contribution in [0.1, 0.15) is 54.4 Å². The molecular formula is C34H41F3N6O2. The van der Waals surface area contributed by atoms with E-state index < -0.39 is 6.43 Å². The summed E-state index contributed by atoms with van der Waals surface area (Å²) in [6.07, 6.45) is 3.81. The van der Waals surface area contributed by atoms with E-state index in [-0.39, 0.29) is 23.9 Å². The summed E-state index contributed by atoms with van der Waals surface area (Å²) in [6, 6.07) is 19.7. The van der Waals surface area contributed by atoms with Crippen molar-refractivity contribution in [3.63, 3.8) is 0 Å². The number of nitrogens with one attached hydrogen (secondary N) is 1. The minimum atomic E-state index is -2.35. The van der Waals surface area contributed by atoms with Crippen LogP contribution in [-0.2, 0) is 11.8 Å². The van der Waals surface area contributed by atoms with Crippen molar-refractivity contribution >= 4 is 40.4 Å². The number of alkyl halides is 2. The normalized spacial score (nSPS) is 13.8. The number of aromatic nitrogens is 2. The Morgan fingerprint density at radius 1 is 1.07 bits per heavy atom. The largest absolute Gasteiger partial charge is 0.351 e. The average molecular weight is 623 g/mol. The van der Waals surface area contributed by atoms with E-state index in [4.69, 9.17) is 4.79 Å². The zero-order valence-electron chi connectivity index (χ0n) is 26.0. The Kier molecular flexibility index (Phi) is 12.0. The summed E-state index contributed by atoms with van der Waals surface area (Å²) < 4.78 is 38.8. The molecule has 0 bridgehead atoms. The SMILES string of the molecule is CCN1CCC(c2ccc(C(=O)Nc3cc(N(CCCC(F)F)c4ccc5c(ccn5C)c4)ccn3)cc2)CC1.CN(F)C=O. The molecule has 1 N–H and O–H groups in total. The number of hydrogen-bond acceptors (Lipinski definition) is 5. The van der Waals surface area contributed by atoms with Gasteiger partial charge in [-0.1, -0.05) is 23.5 Å². The number of rotatable bonds is 11. The van der Waals surface area contributed by atoms with Gasteiger partial charge in [0.2, 0.25) is 12.8 Å². The van der Waals surface area contributed by atoms with Gasteiger partial charge in [-0.2, -0.15) is 5.12 Å². The van der Waals surface area contributed by atoms with Gasteiger partial charge in [-0.25, -0.2) is 13.8 Å². The summed E-state index contributed by atoms with van der Waals surface area (Å²) in [7, 11) is 3.01. The Labute approximate surface area is 262 Å². The predicted octanol–water partition coefficient (Wildman–Crippen LogP) is 7.17. The van der Waals surface area contributed by atoms with Gasteiger partial charge in [0.1, 0.15) is 5.82 Å². The second-order valence-corrected chi connectivity index (χ2v) is 11.2. The van der Waals surface area contributed by atoms with Gasteiger partial charge in [0, 0.05) is 73.4 Å². The maximum Gasteiger partial charge on any atom is 0.256 e. The first-order valence-electron chi connectivity index (χ1n) is 15.2. The number of hydrogen-bond donors (Lipinski definition) is 1. The molecule has 1 aliphatic rings. The summed E-state index contributed by atoms with van der Waals surface area (Å²) >= 11 is 0. The van der Waals surface area contributed by atoms with Gasteiger partial charge in [-0.15, -0.1) is 0 Å². The lowest BCUT2D eigenvalue weighted by Gasteiger charge is -2.31. The molecule has 2 aromatic heterocycles. The second-order valence-electron chi connectivity index (χ2n) is 11.2. The topological polar surface area (TPSA) is 73.7 Å². The van der Waals surface area contributed by atoms with Crippen LogP contribution < -0.4 is 10.2 Å². The molecule has 0 unspecified atom stereocenters. The predicted molar refractivity (Wildman–Crippen MR) is 173 cm³/mol. The van der Waals surface area contributed by atoms with Crippen molar-refractivity contribution in [3.05, 3.63) is 84.2 Å². The summed E-state index contributed by atoms with van der Waals surface area (Å²) in [5.74, 6) is 0.717. The van der Waals surface area contributed by atoms with Crippen molar-refractivity contribution in [1.29, 1.82) is 0 Å². The molecule has 1 aliphatic heterocycles. The molecule has 240 valence electrons. The lowest BCUT2D eigenvalue weighted by atomic mass is 9.89. The first-order chi connectivity index (χ1) is 21.7. The van der Waals surface area contributed by atoms with Crippen LogP contribution in [0.25, 0.3) is 10.9 Å². The van der Waals surface area contributed by atoms with Gasteiger partial charge in [0.25, 0.3) is 5.91 Å². The van der Waals surface area contributed by atoms with Crippen LogP contribution in [0.5, 0.6) is 0 Å². The van der Waals surface area contributed by atoms with E-state index in [0.717, 1.165) is 61.8 Å². The number of benzene rings is 2. The molecule has 1 fully saturated rings. The Balaban J connectivity index is 0.000000854. The van der Waals surface area contributed by atoms with E-state index in [9.17, 15) is 18.1 Å². The van der Waals surface area contributed by atoms with Crippen LogP contribution in [0.2, 0.25) is 0 Å². The summed E-state index contributed by atoms with van der Waals surface area (Å²) in [5, 5.41) is 3.93. The van der Waals surface area contributed by atoms with Crippen LogP contribution in [0.3, 0.4) is 0 Å². The molecule has 2 amide bonds. The standard InChI is InChI=1S/C32H37F2N5O.C2H4FNO/c1-3-38-19-14-24(15-20-38)23-6-8-25(9-7-23)32(40)36-31-22-28(12-16-35-31)39(17-4-5-30(33)34)27-10-11-29-26(21-27)13-18-37(29)2;1-4(3)2-5/h6-13,16,18,21-22,24,30H,3-5,14-15,17,19-20H2,1-2H3,(H,35,36,40);2H,1H3. The number of likely N-dealkylation sites (tertiary alicyclic amines) is 1. The fraction of sp³-hybridized carbons (Fsp3) is 0.382. The first-order valence-corrected chi connectivity index (χ1v) is 15.2. The number of halogens is 3. The van der Waals surface area contributed by atoms with Crippen LogP contribution in [-0.4, -0.2) is 71.5 Å². The highest BCUT2D eigenvalue weighted by atomic mass is 19.3. The molecule has 0 atom stereocenters. The van der Waals surface area contributed by atoms with Crippen LogP contribution >= 0.6 is 0 Å². The Bertz CT molecular complexity index is 1530. The number of anilines is 3. The number of amides is 2. The van der Waals surface area contributed by atoms with Crippen LogP contribution in [0.15, 0.2) is 73.1 Å². The van der Waals surface area contributed by atoms with Crippen molar-refractivity contribution in [1.82, 2.24) is 19.6 Å². The van der Waals surface area contributed by atoms with E-state index in [1.807, 2.05) is 59.1 Å².